The third-order valence-electron chi connectivity index (χ3n) is 8.24. The summed E-state index contributed by atoms with van der Waals surface area (Å²) in [4.78, 5) is 25.1. The standard InChI is InChI=1S/C23H30N6O2/c1-13(30)26-23-9-14-7-16(10-23)20(17(8-14)11-23)25-22(31)18-12-24-27-21(18)29-6-5-19(28-29)15-3-2-4-15/h5-6,12,14-17,20H,2-4,7-11H2,1H3,(H,24,27)(H,25,31)(H,26,30). The molecule has 2 heterocycles. The fourth-order valence-electron chi connectivity index (χ4n) is 7.02. The molecule has 8 nitrogen and oxygen atoms in total. The smallest absolute Gasteiger partial charge is 0.256 e. The number of carbonyl (C=O) groups excluding carboxylic acids is 2. The van der Waals surface area contributed by atoms with Crippen molar-refractivity contribution in [2.75, 3.05) is 0 Å². The number of nitrogens with one attached hydrogen (secondary N) is 3. The second kappa shape index (κ2) is 6.93. The lowest BCUT2D eigenvalue weighted by Gasteiger charge is -2.60. The van der Waals surface area contributed by atoms with Gasteiger partial charge in [0.25, 0.3) is 5.91 Å². The number of carbonyl (C=O) groups is 2. The molecule has 0 spiro atoms. The molecule has 7 rings (SSSR count). The van der Waals surface area contributed by atoms with Gasteiger partial charge in [-0.05, 0) is 68.8 Å². The van der Waals surface area contributed by atoms with E-state index in [1.54, 1.807) is 17.8 Å². The summed E-state index contributed by atoms with van der Waals surface area (Å²) in [6.07, 6.45) is 12.5. The number of aromatic nitrogens is 4. The second-order valence-corrected chi connectivity index (χ2v) is 10.4. The fraction of sp³-hybridized carbons (Fsp3) is 0.652. The Labute approximate surface area is 181 Å². The first kappa shape index (κ1) is 19.1. The first-order valence-corrected chi connectivity index (χ1v) is 11.7. The molecule has 0 aromatic carbocycles. The van der Waals surface area contributed by atoms with Crippen LogP contribution < -0.4 is 10.6 Å². The van der Waals surface area contributed by atoms with E-state index in [-0.39, 0.29) is 23.4 Å². The highest BCUT2D eigenvalue weighted by Gasteiger charge is 2.56. The maximum Gasteiger partial charge on any atom is 0.256 e. The van der Waals surface area contributed by atoms with Crippen molar-refractivity contribution in [1.29, 1.82) is 0 Å². The monoisotopic (exact) mass is 422 g/mol. The zero-order valence-corrected chi connectivity index (χ0v) is 17.9. The number of aromatic amines is 1. The summed E-state index contributed by atoms with van der Waals surface area (Å²) >= 11 is 0. The minimum Gasteiger partial charge on any atom is -0.351 e. The van der Waals surface area contributed by atoms with Crippen molar-refractivity contribution in [2.45, 2.75) is 75.8 Å². The summed E-state index contributed by atoms with van der Waals surface area (Å²) in [5, 5.41) is 18.4. The van der Waals surface area contributed by atoms with E-state index in [2.05, 4.69) is 20.8 Å². The van der Waals surface area contributed by atoms with Crippen molar-refractivity contribution in [3.63, 3.8) is 0 Å². The maximum atomic E-state index is 13.3. The minimum atomic E-state index is -0.0875. The Kier molecular flexibility index (Phi) is 4.27. The van der Waals surface area contributed by atoms with Gasteiger partial charge in [-0.3, -0.25) is 14.7 Å². The van der Waals surface area contributed by atoms with Gasteiger partial charge in [0.2, 0.25) is 5.91 Å². The van der Waals surface area contributed by atoms with Gasteiger partial charge in [0.05, 0.1) is 11.9 Å². The topological polar surface area (TPSA) is 105 Å². The van der Waals surface area contributed by atoms with E-state index in [1.165, 1.54) is 19.3 Å². The molecule has 0 saturated heterocycles. The Morgan fingerprint density at radius 3 is 2.65 bits per heavy atom. The number of H-pyrrole nitrogens is 1. The average molecular weight is 423 g/mol. The molecule has 5 saturated carbocycles. The maximum absolute atomic E-state index is 13.3. The largest absolute Gasteiger partial charge is 0.351 e. The van der Waals surface area contributed by atoms with Crippen molar-refractivity contribution in [3.8, 4) is 5.82 Å². The summed E-state index contributed by atoms with van der Waals surface area (Å²) in [7, 11) is 0. The Morgan fingerprint density at radius 1 is 1.19 bits per heavy atom. The van der Waals surface area contributed by atoms with Gasteiger partial charge < -0.3 is 10.6 Å². The van der Waals surface area contributed by atoms with E-state index in [1.807, 2.05) is 12.3 Å². The number of amides is 2. The third-order valence-corrected chi connectivity index (χ3v) is 8.24. The predicted molar refractivity (Wildman–Crippen MR) is 114 cm³/mol. The van der Waals surface area contributed by atoms with E-state index in [0.29, 0.717) is 35.1 Å². The molecule has 2 unspecified atom stereocenters. The average Bonchev–Trinajstić information content (AvgIpc) is 3.31. The fourth-order valence-corrected chi connectivity index (χ4v) is 7.02. The number of hydrogen-bond acceptors (Lipinski definition) is 4. The van der Waals surface area contributed by atoms with Crippen LogP contribution in [-0.2, 0) is 4.79 Å². The van der Waals surface area contributed by atoms with Gasteiger partial charge in [0.15, 0.2) is 5.82 Å². The molecule has 2 aromatic rings. The molecule has 8 heteroatoms. The van der Waals surface area contributed by atoms with Gasteiger partial charge in [-0.15, -0.1) is 0 Å². The Balaban J connectivity index is 1.19. The van der Waals surface area contributed by atoms with Crippen LogP contribution in [0.1, 0.15) is 80.3 Å². The van der Waals surface area contributed by atoms with Crippen LogP contribution in [0.3, 0.4) is 0 Å². The summed E-state index contributed by atoms with van der Waals surface area (Å²) < 4.78 is 1.75. The number of nitrogens with zero attached hydrogens (tertiary/aromatic N) is 3. The highest BCUT2D eigenvalue weighted by molar-refractivity contribution is 5.97. The molecule has 2 amide bonds. The van der Waals surface area contributed by atoms with Gasteiger partial charge >= 0.3 is 0 Å². The molecule has 164 valence electrons. The van der Waals surface area contributed by atoms with E-state index in [9.17, 15) is 9.59 Å². The van der Waals surface area contributed by atoms with E-state index in [0.717, 1.165) is 37.8 Å². The van der Waals surface area contributed by atoms with Crippen molar-refractivity contribution in [2.24, 2.45) is 17.8 Å². The molecular formula is C23H30N6O2. The molecule has 5 fully saturated rings. The first-order chi connectivity index (χ1) is 15.0. The van der Waals surface area contributed by atoms with Crippen LogP contribution in [0.15, 0.2) is 18.5 Å². The number of hydrogen-bond donors (Lipinski definition) is 3. The summed E-state index contributed by atoms with van der Waals surface area (Å²) in [5.41, 5.74) is 1.57. The second-order valence-electron chi connectivity index (χ2n) is 10.4. The summed E-state index contributed by atoms with van der Waals surface area (Å²) in [6, 6.07) is 2.21. The molecule has 0 aliphatic heterocycles. The SMILES string of the molecule is CC(=O)NC12CC3CC(C1)C(NC(=O)c1cn[nH]c1-n1ccc(C4CCC4)n1)C(C3)C2. The molecule has 2 atom stereocenters. The van der Waals surface area contributed by atoms with Crippen LogP contribution in [-0.4, -0.2) is 43.4 Å². The van der Waals surface area contributed by atoms with Gasteiger partial charge in [-0.25, -0.2) is 4.68 Å². The van der Waals surface area contributed by atoms with Crippen molar-refractivity contribution in [1.82, 2.24) is 30.6 Å². The molecule has 2 aromatic heterocycles. The van der Waals surface area contributed by atoms with Crippen LogP contribution >= 0.6 is 0 Å². The summed E-state index contributed by atoms with van der Waals surface area (Å²) in [5.74, 6) is 2.66. The molecular weight excluding hydrogens is 392 g/mol. The molecule has 4 bridgehead atoms. The minimum absolute atomic E-state index is 0.0582. The van der Waals surface area contributed by atoms with Gasteiger partial charge in [0.1, 0.15) is 5.56 Å². The van der Waals surface area contributed by atoms with Crippen LogP contribution in [0.2, 0.25) is 0 Å². The number of rotatable bonds is 5. The lowest BCUT2D eigenvalue weighted by atomic mass is 9.51. The predicted octanol–water partition coefficient (Wildman–Crippen LogP) is 2.68. The van der Waals surface area contributed by atoms with Gasteiger partial charge in [-0.1, -0.05) is 6.42 Å². The van der Waals surface area contributed by atoms with Crippen LogP contribution in [0.5, 0.6) is 0 Å². The Morgan fingerprint density at radius 2 is 1.97 bits per heavy atom. The Hall–Kier alpha value is -2.64. The van der Waals surface area contributed by atoms with E-state index in [4.69, 9.17) is 5.10 Å². The molecule has 3 N–H and O–H groups in total. The zero-order valence-electron chi connectivity index (χ0n) is 17.9. The van der Waals surface area contributed by atoms with Gasteiger partial charge in [0, 0.05) is 30.6 Å². The Bertz CT molecular complexity index is 1000. The molecule has 5 aliphatic carbocycles. The lowest BCUT2D eigenvalue weighted by Crippen LogP contribution is -2.66. The van der Waals surface area contributed by atoms with Crippen LogP contribution in [0.25, 0.3) is 5.82 Å². The summed E-state index contributed by atoms with van der Waals surface area (Å²) in [6.45, 7) is 1.62. The van der Waals surface area contributed by atoms with Gasteiger partial charge in [-0.2, -0.15) is 10.2 Å². The molecule has 5 aliphatic rings. The van der Waals surface area contributed by atoms with Crippen molar-refractivity contribution >= 4 is 11.8 Å². The molecule has 31 heavy (non-hydrogen) atoms. The highest BCUT2D eigenvalue weighted by atomic mass is 16.2. The van der Waals surface area contributed by atoms with Crippen LogP contribution in [0, 0.1) is 17.8 Å². The quantitative estimate of drug-likeness (QED) is 0.689. The van der Waals surface area contributed by atoms with Crippen molar-refractivity contribution in [3.05, 3.63) is 29.7 Å². The first-order valence-electron chi connectivity index (χ1n) is 11.7. The normalized spacial score (nSPS) is 33.8. The van der Waals surface area contributed by atoms with Crippen LogP contribution in [0.4, 0.5) is 0 Å². The third kappa shape index (κ3) is 3.18. The zero-order chi connectivity index (χ0) is 21.2. The highest BCUT2D eigenvalue weighted by Crippen LogP contribution is 2.55. The molecule has 0 radical (unpaired) electrons. The van der Waals surface area contributed by atoms with E-state index >= 15 is 0 Å². The van der Waals surface area contributed by atoms with Crippen molar-refractivity contribution < 1.29 is 9.59 Å². The lowest BCUT2D eigenvalue weighted by molar-refractivity contribution is -0.125. The van der Waals surface area contributed by atoms with E-state index < -0.39 is 0 Å².